The van der Waals surface area contributed by atoms with E-state index in [1.807, 2.05) is 35.9 Å². The largest absolute Gasteiger partial charge is 0.462 e. The molecule has 2 unspecified atom stereocenters. The number of ketones is 1. The Kier molecular flexibility index (Phi) is 4.13. The van der Waals surface area contributed by atoms with Crippen molar-refractivity contribution in [3.8, 4) is 0 Å². The van der Waals surface area contributed by atoms with Crippen LogP contribution in [0.15, 0.2) is 24.3 Å². The number of carbonyl (C=O) groups is 3. The SMILES string of the molecule is CC(=O)OC1CC(=O)c2c(n(C)c3ccccc23)C(OC(C)=O)C1. The first kappa shape index (κ1) is 16.2. The minimum Gasteiger partial charge on any atom is -0.462 e. The molecule has 0 fully saturated rings. The first-order valence-electron chi connectivity index (χ1n) is 7.83. The molecule has 0 amide bonds. The van der Waals surface area contributed by atoms with Crippen molar-refractivity contribution in [2.75, 3.05) is 0 Å². The van der Waals surface area contributed by atoms with Crippen LogP contribution in [0.2, 0.25) is 0 Å². The van der Waals surface area contributed by atoms with E-state index >= 15 is 0 Å². The molecule has 1 aliphatic carbocycles. The van der Waals surface area contributed by atoms with Gasteiger partial charge in [0.15, 0.2) is 5.78 Å². The van der Waals surface area contributed by atoms with Gasteiger partial charge in [0.1, 0.15) is 12.2 Å². The first-order valence-corrected chi connectivity index (χ1v) is 7.83. The van der Waals surface area contributed by atoms with Gasteiger partial charge in [0.25, 0.3) is 0 Å². The predicted molar refractivity (Wildman–Crippen MR) is 86.5 cm³/mol. The third-order valence-electron chi connectivity index (χ3n) is 4.27. The lowest BCUT2D eigenvalue weighted by atomic mass is 10.0. The topological polar surface area (TPSA) is 74.6 Å². The molecule has 0 spiro atoms. The van der Waals surface area contributed by atoms with E-state index in [1.165, 1.54) is 13.8 Å². The van der Waals surface area contributed by atoms with Gasteiger partial charge < -0.3 is 14.0 Å². The van der Waals surface area contributed by atoms with Gasteiger partial charge in [-0.2, -0.15) is 0 Å². The summed E-state index contributed by atoms with van der Waals surface area (Å²) in [4.78, 5) is 35.7. The van der Waals surface area contributed by atoms with Crippen molar-refractivity contribution in [2.24, 2.45) is 7.05 Å². The number of benzene rings is 1. The number of Topliss-reactive ketones (excluding diaryl/α,β-unsaturated/α-hetero) is 1. The number of fused-ring (bicyclic) bond motifs is 3. The summed E-state index contributed by atoms with van der Waals surface area (Å²) in [6.45, 7) is 2.63. The molecule has 1 aromatic carbocycles. The van der Waals surface area contributed by atoms with Crippen LogP contribution in [0, 0.1) is 0 Å². The smallest absolute Gasteiger partial charge is 0.303 e. The molecule has 1 aromatic heterocycles. The second-order valence-electron chi connectivity index (χ2n) is 6.03. The Bertz CT molecular complexity index is 835. The van der Waals surface area contributed by atoms with Gasteiger partial charge in [-0.15, -0.1) is 0 Å². The molecule has 1 aliphatic rings. The highest BCUT2D eigenvalue weighted by Gasteiger charge is 2.36. The maximum atomic E-state index is 12.8. The molecular formula is C18H19NO5. The number of para-hydroxylation sites is 1. The third kappa shape index (κ3) is 2.79. The Morgan fingerprint density at radius 3 is 2.46 bits per heavy atom. The van der Waals surface area contributed by atoms with Crippen molar-refractivity contribution in [1.29, 1.82) is 0 Å². The summed E-state index contributed by atoms with van der Waals surface area (Å²) in [5.41, 5.74) is 2.11. The van der Waals surface area contributed by atoms with Crippen LogP contribution < -0.4 is 0 Å². The molecule has 6 nitrogen and oxygen atoms in total. The lowest BCUT2D eigenvalue weighted by molar-refractivity contribution is -0.152. The zero-order chi connectivity index (χ0) is 17.4. The molecule has 2 aromatic rings. The predicted octanol–water partition coefficient (Wildman–Crippen LogP) is 2.69. The number of aromatic nitrogens is 1. The van der Waals surface area contributed by atoms with E-state index in [4.69, 9.17) is 9.47 Å². The summed E-state index contributed by atoms with van der Waals surface area (Å²) >= 11 is 0. The fraction of sp³-hybridized carbons (Fsp3) is 0.389. The van der Waals surface area contributed by atoms with Crippen molar-refractivity contribution in [1.82, 2.24) is 4.57 Å². The van der Waals surface area contributed by atoms with Crippen LogP contribution >= 0.6 is 0 Å². The molecule has 0 bridgehead atoms. The van der Waals surface area contributed by atoms with E-state index in [-0.39, 0.29) is 18.6 Å². The number of carbonyl (C=O) groups excluding carboxylic acids is 3. The summed E-state index contributed by atoms with van der Waals surface area (Å²) < 4.78 is 12.6. The summed E-state index contributed by atoms with van der Waals surface area (Å²) in [7, 11) is 1.84. The molecule has 1 heterocycles. The lowest BCUT2D eigenvalue weighted by Gasteiger charge is -2.21. The average Bonchev–Trinajstić information content (AvgIpc) is 2.71. The molecule has 6 heteroatoms. The highest BCUT2D eigenvalue weighted by molar-refractivity contribution is 6.10. The Morgan fingerprint density at radius 2 is 1.79 bits per heavy atom. The Balaban J connectivity index is 2.16. The van der Waals surface area contributed by atoms with E-state index in [0.717, 1.165) is 10.9 Å². The van der Waals surface area contributed by atoms with Crippen LogP contribution in [-0.4, -0.2) is 28.4 Å². The average molecular weight is 329 g/mol. The van der Waals surface area contributed by atoms with E-state index in [2.05, 4.69) is 0 Å². The highest BCUT2D eigenvalue weighted by atomic mass is 16.6. The number of rotatable bonds is 2. The van der Waals surface area contributed by atoms with E-state index < -0.39 is 24.1 Å². The molecule has 0 saturated heterocycles. The second kappa shape index (κ2) is 6.11. The number of hydrogen-bond donors (Lipinski definition) is 0. The molecule has 0 radical (unpaired) electrons. The van der Waals surface area contributed by atoms with Gasteiger partial charge in [0.2, 0.25) is 0 Å². The standard InChI is InChI=1S/C18H19NO5/c1-10(20)23-12-8-15(22)17-13-6-4-5-7-14(13)19(3)18(17)16(9-12)24-11(2)21/h4-7,12,16H,8-9H2,1-3H3. The molecule has 0 N–H and O–H groups in total. The Hall–Kier alpha value is -2.63. The minimum atomic E-state index is -0.634. The fourth-order valence-electron chi connectivity index (χ4n) is 3.45. The molecule has 126 valence electrons. The quantitative estimate of drug-likeness (QED) is 0.625. The summed E-state index contributed by atoms with van der Waals surface area (Å²) in [5, 5.41) is 0.820. The van der Waals surface area contributed by atoms with Crippen molar-refractivity contribution in [2.45, 2.75) is 38.9 Å². The highest BCUT2D eigenvalue weighted by Crippen LogP contribution is 2.38. The number of aryl methyl sites for hydroxylation is 1. The van der Waals surface area contributed by atoms with E-state index in [0.29, 0.717) is 11.3 Å². The number of nitrogens with zero attached hydrogens (tertiary/aromatic N) is 1. The van der Waals surface area contributed by atoms with Gasteiger partial charge >= 0.3 is 11.9 Å². The Morgan fingerprint density at radius 1 is 1.12 bits per heavy atom. The van der Waals surface area contributed by atoms with Crippen LogP contribution in [-0.2, 0) is 26.1 Å². The molecule has 24 heavy (non-hydrogen) atoms. The van der Waals surface area contributed by atoms with Gasteiger partial charge in [0.05, 0.1) is 11.3 Å². The van der Waals surface area contributed by atoms with Crippen LogP contribution in [0.5, 0.6) is 0 Å². The number of esters is 2. The van der Waals surface area contributed by atoms with Crippen molar-refractivity contribution in [3.05, 3.63) is 35.5 Å². The van der Waals surface area contributed by atoms with Gasteiger partial charge in [-0.05, 0) is 6.07 Å². The fourth-order valence-corrected chi connectivity index (χ4v) is 3.45. The zero-order valence-corrected chi connectivity index (χ0v) is 13.9. The molecule has 2 atom stereocenters. The maximum Gasteiger partial charge on any atom is 0.303 e. The first-order chi connectivity index (χ1) is 11.4. The van der Waals surface area contributed by atoms with Gasteiger partial charge in [-0.25, -0.2) is 0 Å². The van der Waals surface area contributed by atoms with Crippen LogP contribution in [0.4, 0.5) is 0 Å². The van der Waals surface area contributed by atoms with E-state index in [1.54, 1.807) is 0 Å². The van der Waals surface area contributed by atoms with Crippen molar-refractivity contribution >= 4 is 28.6 Å². The van der Waals surface area contributed by atoms with Crippen molar-refractivity contribution in [3.63, 3.8) is 0 Å². The number of hydrogen-bond acceptors (Lipinski definition) is 5. The zero-order valence-electron chi connectivity index (χ0n) is 13.9. The minimum absolute atomic E-state index is 0.0817. The normalized spacial score (nSPS) is 20.4. The molecule has 0 aliphatic heterocycles. The monoisotopic (exact) mass is 329 g/mol. The molecular weight excluding hydrogens is 310 g/mol. The van der Waals surface area contributed by atoms with Gasteiger partial charge in [0, 0.05) is 44.6 Å². The molecule has 3 rings (SSSR count). The van der Waals surface area contributed by atoms with Crippen molar-refractivity contribution < 1.29 is 23.9 Å². The Labute approximate surface area is 139 Å². The second-order valence-corrected chi connectivity index (χ2v) is 6.03. The summed E-state index contributed by atoms with van der Waals surface area (Å²) in [6, 6.07) is 7.56. The molecule has 0 saturated carbocycles. The maximum absolute atomic E-state index is 12.8. The van der Waals surface area contributed by atoms with E-state index in [9.17, 15) is 14.4 Å². The van der Waals surface area contributed by atoms with Crippen LogP contribution in [0.1, 0.15) is 48.8 Å². The lowest BCUT2D eigenvalue weighted by Crippen LogP contribution is -2.22. The third-order valence-corrected chi connectivity index (χ3v) is 4.27. The van der Waals surface area contributed by atoms with Gasteiger partial charge in [-0.1, -0.05) is 18.2 Å². The van der Waals surface area contributed by atoms with Crippen LogP contribution in [0.25, 0.3) is 10.9 Å². The number of ether oxygens (including phenoxy) is 2. The van der Waals surface area contributed by atoms with Crippen LogP contribution in [0.3, 0.4) is 0 Å². The van der Waals surface area contributed by atoms with Gasteiger partial charge in [-0.3, -0.25) is 14.4 Å². The summed E-state index contributed by atoms with van der Waals surface area (Å²) in [5.74, 6) is -1.000. The summed E-state index contributed by atoms with van der Waals surface area (Å²) in [6.07, 6.45) is -0.892.